The zero-order chi connectivity index (χ0) is 18.0. The third kappa shape index (κ3) is 4.27. The van der Waals surface area contributed by atoms with Crippen molar-refractivity contribution in [2.45, 2.75) is 6.42 Å². The number of nitrogens with zero attached hydrogens (tertiary/aromatic N) is 2. The number of amides is 1. The maximum absolute atomic E-state index is 13.8. The van der Waals surface area contributed by atoms with Crippen molar-refractivity contribution >= 4 is 57.2 Å². The molecule has 4 nitrogen and oxygen atoms in total. The first kappa shape index (κ1) is 18.1. The number of hydrogen-bond donors (Lipinski definition) is 1. The Morgan fingerprint density at radius 1 is 1.08 bits per heavy atom. The van der Waals surface area contributed by atoms with E-state index in [1.54, 1.807) is 12.1 Å². The van der Waals surface area contributed by atoms with Gasteiger partial charge in [0.15, 0.2) is 0 Å². The van der Waals surface area contributed by atoms with Gasteiger partial charge in [0.05, 0.1) is 10.0 Å². The Morgan fingerprint density at radius 2 is 1.88 bits per heavy atom. The Bertz CT molecular complexity index is 928. The van der Waals surface area contributed by atoms with Gasteiger partial charge in [0.25, 0.3) is 5.91 Å². The molecule has 1 aromatic heterocycles. The second-order valence-electron chi connectivity index (χ2n) is 4.96. The molecule has 0 atom stereocenters. The van der Waals surface area contributed by atoms with E-state index in [-0.39, 0.29) is 11.4 Å². The van der Waals surface area contributed by atoms with Crippen LogP contribution in [-0.4, -0.2) is 16.1 Å². The molecule has 0 bridgehead atoms. The highest BCUT2D eigenvalue weighted by Gasteiger charge is 2.14. The van der Waals surface area contributed by atoms with Gasteiger partial charge in [-0.15, -0.1) is 10.2 Å². The van der Waals surface area contributed by atoms with Gasteiger partial charge in [0.1, 0.15) is 10.8 Å². The lowest BCUT2D eigenvalue weighted by atomic mass is 10.1. The molecule has 0 spiro atoms. The van der Waals surface area contributed by atoms with E-state index in [1.807, 2.05) is 0 Å². The maximum atomic E-state index is 13.8. The van der Waals surface area contributed by atoms with Crippen molar-refractivity contribution in [3.05, 3.63) is 73.4 Å². The lowest BCUT2D eigenvalue weighted by Crippen LogP contribution is -2.11. The van der Waals surface area contributed by atoms with E-state index in [9.17, 15) is 9.18 Å². The highest BCUT2D eigenvalue weighted by atomic mass is 35.5. The van der Waals surface area contributed by atoms with Crippen LogP contribution in [0.5, 0.6) is 0 Å². The molecule has 1 amide bonds. The average Bonchev–Trinajstić information content (AvgIpc) is 3.01. The monoisotopic (exact) mass is 415 g/mol. The van der Waals surface area contributed by atoms with Crippen molar-refractivity contribution in [1.82, 2.24) is 10.2 Å². The van der Waals surface area contributed by atoms with Gasteiger partial charge >= 0.3 is 0 Å². The fraction of sp³-hybridized carbons (Fsp3) is 0.0625. The molecule has 2 aromatic carbocycles. The first-order valence-electron chi connectivity index (χ1n) is 6.95. The topological polar surface area (TPSA) is 54.9 Å². The van der Waals surface area contributed by atoms with Gasteiger partial charge in [-0.25, -0.2) is 4.39 Å². The normalized spacial score (nSPS) is 10.7. The standard InChI is InChI=1S/C16H9Cl3FN3OS/c17-10-2-1-3-13(20)9(10)7-14-22-23-16(25-14)21-15(24)8-4-5-11(18)12(19)6-8/h1-6H,7H2,(H,21,23,24). The van der Waals surface area contributed by atoms with Gasteiger partial charge in [-0.05, 0) is 30.3 Å². The molecule has 1 heterocycles. The summed E-state index contributed by atoms with van der Waals surface area (Å²) in [5.74, 6) is -0.811. The molecule has 0 aliphatic heterocycles. The zero-order valence-corrected chi connectivity index (χ0v) is 15.5. The number of carbonyl (C=O) groups is 1. The molecule has 0 fully saturated rings. The van der Waals surface area contributed by atoms with Crippen LogP contribution in [0.15, 0.2) is 36.4 Å². The molecule has 0 aliphatic rings. The molecule has 9 heteroatoms. The smallest absolute Gasteiger partial charge is 0.257 e. The Morgan fingerprint density at radius 3 is 2.60 bits per heavy atom. The summed E-state index contributed by atoms with van der Waals surface area (Å²) in [7, 11) is 0. The minimum absolute atomic E-state index is 0.186. The average molecular weight is 417 g/mol. The minimum atomic E-state index is -0.413. The number of nitrogens with one attached hydrogen (secondary N) is 1. The summed E-state index contributed by atoms with van der Waals surface area (Å²) in [5.41, 5.74) is 0.672. The Kier molecular flexibility index (Phi) is 5.54. The first-order chi connectivity index (χ1) is 11.9. The van der Waals surface area contributed by atoms with E-state index >= 15 is 0 Å². The van der Waals surface area contributed by atoms with Crippen molar-refractivity contribution in [2.24, 2.45) is 0 Å². The largest absolute Gasteiger partial charge is 0.296 e. The number of rotatable bonds is 4. The Labute approximate surface area is 161 Å². The predicted molar refractivity (Wildman–Crippen MR) is 98.5 cm³/mol. The number of aromatic nitrogens is 2. The van der Waals surface area contributed by atoms with E-state index in [1.165, 1.54) is 24.3 Å². The van der Waals surface area contributed by atoms with Gasteiger partial charge < -0.3 is 0 Å². The lowest BCUT2D eigenvalue weighted by molar-refractivity contribution is 0.102. The van der Waals surface area contributed by atoms with E-state index in [0.29, 0.717) is 31.3 Å². The van der Waals surface area contributed by atoms with Gasteiger partial charge in [0, 0.05) is 22.6 Å². The van der Waals surface area contributed by atoms with Crippen molar-refractivity contribution < 1.29 is 9.18 Å². The second kappa shape index (κ2) is 7.66. The van der Waals surface area contributed by atoms with Crippen LogP contribution in [0.1, 0.15) is 20.9 Å². The van der Waals surface area contributed by atoms with Crippen LogP contribution in [0.4, 0.5) is 9.52 Å². The summed E-state index contributed by atoms with van der Waals surface area (Å²) in [6.07, 6.45) is 0.186. The van der Waals surface area contributed by atoms with Crippen molar-refractivity contribution in [3.63, 3.8) is 0 Å². The molecule has 0 unspecified atom stereocenters. The first-order valence-corrected chi connectivity index (χ1v) is 8.91. The zero-order valence-electron chi connectivity index (χ0n) is 12.4. The number of benzene rings is 2. The molecular weight excluding hydrogens is 408 g/mol. The molecule has 0 saturated carbocycles. The third-order valence-corrected chi connectivity index (χ3v) is 5.19. The SMILES string of the molecule is O=C(Nc1nnc(Cc2c(F)cccc2Cl)s1)c1ccc(Cl)c(Cl)c1. The van der Waals surface area contributed by atoms with E-state index < -0.39 is 11.7 Å². The second-order valence-corrected chi connectivity index (χ2v) is 7.24. The van der Waals surface area contributed by atoms with Crippen LogP contribution in [0.25, 0.3) is 0 Å². The van der Waals surface area contributed by atoms with Crippen molar-refractivity contribution in [1.29, 1.82) is 0 Å². The fourth-order valence-electron chi connectivity index (χ4n) is 2.03. The summed E-state index contributed by atoms with van der Waals surface area (Å²) in [6.45, 7) is 0. The maximum Gasteiger partial charge on any atom is 0.257 e. The quantitative estimate of drug-likeness (QED) is 0.612. The van der Waals surface area contributed by atoms with E-state index in [0.717, 1.165) is 11.3 Å². The summed E-state index contributed by atoms with van der Waals surface area (Å²) >= 11 is 18.9. The van der Waals surface area contributed by atoms with Crippen LogP contribution in [-0.2, 0) is 6.42 Å². The van der Waals surface area contributed by atoms with Gasteiger partial charge in [-0.2, -0.15) is 0 Å². The van der Waals surface area contributed by atoms with Crippen LogP contribution in [0, 0.1) is 5.82 Å². The summed E-state index contributed by atoms with van der Waals surface area (Å²) in [6, 6.07) is 9.00. The molecule has 25 heavy (non-hydrogen) atoms. The third-order valence-electron chi connectivity index (χ3n) is 3.26. The minimum Gasteiger partial charge on any atom is -0.296 e. The fourth-order valence-corrected chi connectivity index (χ4v) is 3.31. The molecule has 128 valence electrons. The van der Waals surface area contributed by atoms with Crippen LogP contribution in [0.2, 0.25) is 15.1 Å². The van der Waals surface area contributed by atoms with Crippen molar-refractivity contribution in [2.75, 3.05) is 5.32 Å². The summed E-state index contributed by atoms with van der Waals surface area (Å²) < 4.78 is 13.8. The highest BCUT2D eigenvalue weighted by molar-refractivity contribution is 7.15. The molecule has 0 radical (unpaired) electrons. The van der Waals surface area contributed by atoms with Gasteiger partial charge in [-0.3, -0.25) is 10.1 Å². The van der Waals surface area contributed by atoms with Crippen molar-refractivity contribution in [3.8, 4) is 0 Å². The Hall–Kier alpha value is -1.73. The molecule has 3 rings (SSSR count). The molecular formula is C16H9Cl3FN3OS. The van der Waals surface area contributed by atoms with Crippen LogP contribution < -0.4 is 5.32 Å². The summed E-state index contributed by atoms with van der Waals surface area (Å²) in [5, 5.41) is 12.2. The van der Waals surface area contributed by atoms with Gasteiger partial charge in [0.2, 0.25) is 5.13 Å². The van der Waals surface area contributed by atoms with Crippen LogP contribution in [0.3, 0.4) is 0 Å². The number of anilines is 1. The molecule has 0 aliphatic carbocycles. The van der Waals surface area contributed by atoms with Gasteiger partial charge in [-0.1, -0.05) is 52.2 Å². The van der Waals surface area contributed by atoms with E-state index in [2.05, 4.69) is 15.5 Å². The lowest BCUT2D eigenvalue weighted by Gasteiger charge is -2.03. The summed E-state index contributed by atoms with van der Waals surface area (Å²) in [4.78, 5) is 12.2. The highest BCUT2D eigenvalue weighted by Crippen LogP contribution is 2.26. The molecule has 0 saturated heterocycles. The number of hydrogen-bond acceptors (Lipinski definition) is 4. The number of carbonyl (C=O) groups excluding carboxylic acids is 1. The predicted octanol–water partition coefficient (Wildman–Crippen LogP) is 5.48. The number of halogens is 4. The molecule has 3 aromatic rings. The Balaban J connectivity index is 1.73. The van der Waals surface area contributed by atoms with Crippen LogP contribution >= 0.6 is 46.1 Å². The van der Waals surface area contributed by atoms with E-state index in [4.69, 9.17) is 34.8 Å². The molecule has 1 N–H and O–H groups in total.